The largest absolute Gasteiger partial charge is 0.479 e. The van der Waals surface area contributed by atoms with Crippen molar-refractivity contribution in [2.45, 2.75) is 12.2 Å². The molecule has 0 saturated heterocycles. The van der Waals surface area contributed by atoms with Crippen LogP contribution in [0.4, 0.5) is 13.2 Å². The number of alkyl halides is 3. The molecule has 1 aromatic rings. The van der Waals surface area contributed by atoms with Crippen LogP contribution in [0.15, 0.2) is 28.7 Å². The fraction of sp³-hybridized carbons (Fsp3) is 0.333. The van der Waals surface area contributed by atoms with E-state index in [0.717, 1.165) is 4.47 Å². The summed E-state index contributed by atoms with van der Waals surface area (Å²) in [6.07, 6.45) is -4.54. The minimum absolute atomic E-state index is 0.287. The number of hydrogen-bond donors (Lipinski definition) is 2. The fourth-order valence-electron chi connectivity index (χ4n) is 1.40. The highest BCUT2D eigenvalue weighted by molar-refractivity contribution is 9.10. The zero-order valence-electron chi connectivity index (χ0n) is 10.5. The van der Waals surface area contributed by atoms with Crippen molar-refractivity contribution in [2.24, 2.45) is 0 Å². The van der Waals surface area contributed by atoms with Crippen molar-refractivity contribution >= 4 is 27.8 Å². The van der Waals surface area contributed by atoms with Gasteiger partial charge in [0.2, 0.25) is 5.91 Å². The van der Waals surface area contributed by atoms with E-state index in [9.17, 15) is 22.8 Å². The first kappa shape index (κ1) is 17.4. The summed E-state index contributed by atoms with van der Waals surface area (Å²) in [5.41, 5.74) is 0.287. The number of amides is 1. The average Bonchev–Trinajstić information content (AvgIpc) is 2.35. The molecule has 0 aliphatic carbocycles. The van der Waals surface area contributed by atoms with Crippen LogP contribution >= 0.6 is 15.9 Å². The number of rotatable bonds is 6. The van der Waals surface area contributed by atoms with Gasteiger partial charge in [0.05, 0.1) is 0 Å². The number of aliphatic carboxylic acids is 1. The molecule has 116 valence electrons. The minimum atomic E-state index is -4.54. The Morgan fingerprint density at radius 2 is 1.86 bits per heavy atom. The van der Waals surface area contributed by atoms with Crippen LogP contribution in [0.25, 0.3) is 0 Å². The van der Waals surface area contributed by atoms with Gasteiger partial charge in [-0.15, -0.1) is 0 Å². The number of benzene rings is 1. The molecule has 9 heteroatoms. The van der Waals surface area contributed by atoms with Crippen molar-refractivity contribution in [2.75, 3.05) is 13.2 Å². The number of carbonyl (C=O) groups is 2. The number of ether oxygens (including phenoxy) is 1. The molecule has 5 nitrogen and oxygen atoms in total. The van der Waals surface area contributed by atoms with Gasteiger partial charge in [0.1, 0.15) is 13.2 Å². The molecule has 0 spiro atoms. The smallest absolute Gasteiger partial charge is 0.411 e. The van der Waals surface area contributed by atoms with Crippen LogP contribution in [0, 0.1) is 0 Å². The second-order valence-corrected chi connectivity index (χ2v) is 4.91. The lowest BCUT2D eigenvalue weighted by Gasteiger charge is -2.15. The van der Waals surface area contributed by atoms with E-state index in [0.29, 0.717) is 0 Å². The maximum Gasteiger partial charge on any atom is 0.411 e. The van der Waals surface area contributed by atoms with Crippen molar-refractivity contribution in [1.29, 1.82) is 0 Å². The lowest BCUT2D eigenvalue weighted by molar-refractivity contribution is -0.176. The van der Waals surface area contributed by atoms with Gasteiger partial charge in [-0.1, -0.05) is 28.1 Å². The van der Waals surface area contributed by atoms with E-state index >= 15 is 0 Å². The Balaban J connectivity index is 2.61. The van der Waals surface area contributed by atoms with Crippen LogP contribution in [0.2, 0.25) is 0 Å². The molecule has 1 aromatic carbocycles. The highest BCUT2D eigenvalue weighted by Crippen LogP contribution is 2.17. The second kappa shape index (κ2) is 7.41. The summed E-state index contributed by atoms with van der Waals surface area (Å²) >= 11 is 3.17. The predicted octanol–water partition coefficient (Wildman–Crippen LogP) is 2.27. The van der Waals surface area contributed by atoms with E-state index in [1.165, 1.54) is 12.1 Å². The topological polar surface area (TPSA) is 75.6 Å². The summed E-state index contributed by atoms with van der Waals surface area (Å²) in [7, 11) is 0. The van der Waals surface area contributed by atoms with Crippen LogP contribution in [0.5, 0.6) is 0 Å². The van der Waals surface area contributed by atoms with Crippen molar-refractivity contribution in [3.05, 3.63) is 34.3 Å². The molecule has 0 fully saturated rings. The highest BCUT2D eigenvalue weighted by atomic mass is 79.9. The number of hydrogen-bond acceptors (Lipinski definition) is 3. The Kier molecular flexibility index (Phi) is 6.16. The standard InChI is InChI=1S/C12H11BrF3NO4/c13-8-3-1-7(2-4-8)10(11(19)20)17-9(18)5-21-6-12(14,15)16/h1-4,10H,5-6H2,(H,17,18)(H,19,20). The van der Waals surface area contributed by atoms with Gasteiger partial charge in [-0.05, 0) is 17.7 Å². The Morgan fingerprint density at radius 1 is 1.29 bits per heavy atom. The van der Waals surface area contributed by atoms with Crippen LogP contribution in [-0.4, -0.2) is 36.4 Å². The van der Waals surface area contributed by atoms with Gasteiger partial charge < -0.3 is 15.2 Å². The van der Waals surface area contributed by atoms with E-state index in [2.05, 4.69) is 26.0 Å². The molecular weight excluding hydrogens is 359 g/mol. The van der Waals surface area contributed by atoms with E-state index in [1.54, 1.807) is 12.1 Å². The first-order valence-corrected chi connectivity index (χ1v) is 6.40. The lowest BCUT2D eigenvalue weighted by Crippen LogP contribution is -2.36. The monoisotopic (exact) mass is 369 g/mol. The SMILES string of the molecule is O=C(COCC(F)(F)F)NC(C(=O)O)c1ccc(Br)cc1. The van der Waals surface area contributed by atoms with E-state index < -0.39 is 37.3 Å². The third-order valence-corrected chi connectivity index (χ3v) is 2.78. The zero-order valence-corrected chi connectivity index (χ0v) is 12.1. The molecule has 1 rings (SSSR count). The second-order valence-electron chi connectivity index (χ2n) is 4.00. The van der Waals surface area contributed by atoms with Crippen LogP contribution in [0.3, 0.4) is 0 Å². The molecule has 0 saturated carbocycles. The van der Waals surface area contributed by atoms with Crippen molar-refractivity contribution in [3.63, 3.8) is 0 Å². The Bertz CT molecular complexity index is 504. The van der Waals surface area contributed by atoms with Crippen molar-refractivity contribution in [1.82, 2.24) is 5.32 Å². The minimum Gasteiger partial charge on any atom is -0.479 e. The van der Waals surface area contributed by atoms with Gasteiger partial charge in [-0.25, -0.2) is 4.79 Å². The number of carboxylic acids is 1. The Morgan fingerprint density at radius 3 is 2.33 bits per heavy atom. The summed E-state index contributed by atoms with van der Waals surface area (Å²) in [4.78, 5) is 22.5. The van der Waals surface area contributed by atoms with Gasteiger partial charge in [-0.2, -0.15) is 13.2 Å². The van der Waals surface area contributed by atoms with Crippen molar-refractivity contribution in [3.8, 4) is 0 Å². The van der Waals surface area contributed by atoms with Gasteiger partial charge >= 0.3 is 12.1 Å². The van der Waals surface area contributed by atoms with Gasteiger partial charge in [-0.3, -0.25) is 4.79 Å². The number of halogens is 4. The molecule has 0 bridgehead atoms. The summed E-state index contributed by atoms with van der Waals surface area (Å²) in [6, 6.07) is 4.74. The Labute approximate surface area is 126 Å². The third-order valence-electron chi connectivity index (χ3n) is 2.25. The zero-order chi connectivity index (χ0) is 16.0. The van der Waals surface area contributed by atoms with Gasteiger partial charge in [0, 0.05) is 4.47 Å². The van der Waals surface area contributed by atoms with E-state index in [1.807, 2.05) is 0 Å². The normalized spacial score (nSPS) is 12.8. The molecule has 2 N–H and O–H groups in total. The number of carboxylic acid groups (broad SMARTS) is 1. The molecular formula is C12H11BrF3NO4. The van der Waals surface area contributed by atoms with Gasteiger partial charge in [0.15, 0.2) is 6.04 Å². The van der Waals surface area contributed by atoms with Crippen LogP contribution in [0.1, 0.15) is 11.6 Å². The van der Waals surface area contributed by atoms with Crippen LogP contribution < -0.4 is 5.32 Å². The van der Waals surface area contributed by atoms with E-state index in [4.69, 9.17) is 5.11 Å². The van der Waals surface area contributed by atoms with Gasteiger partial charge in [0.25, 0.3) is 0 Å². The number of carbonyl (C=O) groups excluding carboxylic acids is 1. The first-order chi connectivity index (χ1) is 9.69. The maximum atomic E-state index is 11.8. The third kappa shape index (κ3) is 6.58. The predicted molar refractivity (Wildman–Crippen MR) is 69.5 cm³/mol. The lowest BCUT2D eigenvalue weighted by atomic mass is 10.1. The quantitative estimate of drug-likeness (QED) is 0.806. The molecule has 0 radical (unpaired) electrons. The Hall–Kier alpha value is -1.61. The fourth-order valence-corrected chi connectivity index (χ4v) is 1.67. The molecule has 0 aromatic heterocycles. The summed E-state index contributed by atoms with van der Waals surface area (Å²) < 4.78 is 40.4. The molecule has 0 aliphatic rings. The molecule has 0 heterocycles. The molecule has 1 unspecified atom stereocenters. The van der Waals surface area contributed by atoms with Crippen LogP contribution in [-0.2, 0) is 14.3 Å². The highest BCUT2D eigenvalue weighted by Gasteiger charge is 2.28. The molecule has 0 aliphatic heterocycles. The summed E-state index contributed by atoms with van der Waals surface area (Å²) in [6.45, 7) is -2.45. The molecule has 1 amide bonds. The molecule has 21 heavy (non-hydrogen) atoms. The summed E-state index contributed by atoms with van der Waals surface area (Å²) in [5, 5.41) is 11.1. The first-order valence-electron chi connectivity index (χ1n) is 5.61. The summed E-state index contributed by atoms with van der Waals surface area (Å²) in [5.74, 6) is -2.28. The number of nitrogens with one attached hydrogen (secondary N) is 1. The van der Waals surface area contributed by atoms with Crippen molar-refractivity contribution < 1.29 is 32.6 Å². The maximum absolute atomic E-state index is 11.8. The molecule has 1 atom stereocenters. The van der Waals surface area contributed by atoms with E-state index in [-0.39, 0.29) is 5.56 Å². The average molecular weight is 370 g/mol.